The number of thiocarbonyl (C=S) groups is 1. The van der Waals surface area contributed by atoms with Gasteiger partial charge in [0.1, 0.15) is 11.5 Å². The Bertz CT molecular complexity index is 443. The third-order valence-corrected chi connectivity index (χ3v) is 2.58. The zero-order chi connectivity index (χ0) is 13.0. The second-order valence-electron chi connectivity index (χ2n) is 3.68. The van der Waals surface area contributed by atoms with Gasteiger partial charge in [-0.3, -0.25) is 4.79 Å². The van der Waals surface area contributed by atoms with E-state index >= 15 is 0 Å². The Balaban J connectivity index is 3.06. The topological polar surface area (TPSA) is 38.8 Å². The van der Waals surface area contributed by atoms with Gasteiger partial charge in [0.15, 0.2) is 5.78 Å². The van der Waals surface area contributed by atoms with Crippen molar-refractivity contribution in [3.63, 3.8) is 0 Å². The van der Waals surface area contributed by atoms with Crippen LogP contribution >= 0.6 is 12.2 Å². The van der Waals surface area contributed by atoms with Gasteiger partial charge in [0, 0.05) is 14.1 Å². The zero-order valence-corrected chi connectivity index (χ0v) is 11.1. The van der Waals surface area contributed by atoms with E-state index in [0.717, 1.165) is 0 Å². The van der Waals surface area contributed by atoms with Crippen LogP contribution in [0.25, 0.3) is 0 Å². The van der Waals surface area contributed by atoms with Crippen molar-refractivity contribution in [2.45, 2.75) is 6.92 Å². The van der Waals surface area contributed by atoms with Crippen molar-refractivity contribution < 1.29 is 14.3 Å². The first-order valence-corrected chi connectivity index (χ1v) is 5.44. The summed E-state index contributed by atoms with van der Waals surface area (Å²) in [5.41, 5.74) is 0.452. The van der Waals surface area contributed by atoms with E-state index < -0.39 is 0 Å². The molecule has 0 heterocycles. The highest BCUT2D eigenvalue weighted by Crippen LogP contribution is 2.25. The molecule has 0 aromatic heterocycles. The summed E-state index contributed by atoms with van der Waals surface area (Å²) >= 11 is 5.03. The summed E-state index contributed by atoms with van der Waals surface area (Å²) in [6, 6.07) is 5.03. The van der Waals surface area contributed by atoms with Crippen LogP contribution in [-0.2, 0) is 0 Å². The van der Waals surface area contributed by atoms with Crippen molar-refractivity contribution in [3.05, 3.63) is 23.8 Å². The summed E-state index contributed by atoms with van der Waals surface area (Å²) in [4.78, 5) is 13.1. The molecule has 1 rings (SSSR count). The van der Waals surface area contributed by atoms with Gasteiger partial charge in [0.2, 0.25) is 0 Å². The van der Waals surface area contributed by atoms with Crippen LogP contribution in [0, 0.1) is 0 Å². The van der Waals surface area contributed by atoms with Crippen LogP contribution in [0.1, 0.15) is 17.3 Å². The van der Waals surface area contributed by atoms with Crippen molar-refractivity contribution in [3.8, 4) is 11.5 Å². The molecule has 0 spiro atoms. The largest absolute Gasteiger partial charge is 0.497 e. The van der Waals surface area contributed by atoms with Gasteiger partial charge in [0.05, 0.1) is 12.7 Å². The summed E-state index contributed by atoms with van der Waals surface area (Å²) in [6.45, 7) is 1.47. The van der Waals surface area contributed by atoms with E-state index in [0.29, 0.717) is 22.2 Å². The predicted octanol–water partition coefficient (Wildman–Crippen LogP) is 2.12. The summed E-state index contributed by atoms with van der Waals surface area (Å²) < 4.78 is 10.5. The van der Waals surface area contributed by atoms with Gasteiger partial charge < -0.3 is 14.4 Å². The third-order valence-electron chi connectivity index (χ3n) is 2.13. The molecule has 0 saturated carbocycles. The van der Waals surface area contributed by atoms with E-state index in [4.69, 9.17) is 21.7 Å². The van der Waals surface area contributed by atoms with Crippen LogP contribution in [-0.4, -0.2) is 37.1 Å². The van der Waals surface area contributed by atoms with Crippen molar-refractivity contribution >= 4 is 23.2 Å². The molecule has 0 N–H and O–H groups in total. The molecule has 0 amide bonds. The van der Waals surface area contributed by atoms with Gasteiger partial charge in [-0.15, -0.1) is 0 Å². The van der Waals surface area contributed by atoms with E-state index in [2.05, 4.69) is 0 Å². The Morgan fingerprint density at radius 3 is 2.47 bits per heavy atom. The Morgan fingerprint density at radius 1 is 1.35 bits per heavy atom. The summed E-state index contributed by atoms with van der Waals surface area (Å²) in [5, 5.41) is 0.303. The SMILES string of the molecule is COc1ccc(OC(=S)N(C)C)c(C(C)=O)c1. The molecule has 92 valence electrons. The lowest BCUT2D eigenvalue weighted by atomic mass is 10.1. The first-order valence-electron chi connectivity index (χ1n) is 5.03. The van der Waals surface area contributed by atoms with Crippen molar-refractivity contribution in [1.29, 1.82) is 0 Å². The molecule has 0 fully saturated rings. The molecule has 0 aliphatic carbocycles. The minimum atomic E-state index is -0.0968. The number of carbonyl (C=O) groups is 1. The van der Waals surface area contributed by atoms with Gasteiger partial charge in [-0.25, -0.2) is 0 Å². The summed E-state index contributed by atoms with van der Waals surface area (Å²) in [7, 11) is 5.10. The van der Waals surface area contributed by atoms with Gasteiger partial charge in [-0.1, -0.05) is 0 Å². The van der Waals surface area contributed by atoms with Gasteiger partial charge in [-0.05, 0) is 37.3 Å². The first kappa shape index (κ1) is 13.4. The molecule has 5 heteroatoms. The molecular formula is C12H15NO3S. The molecule has 0 unspecified atom stereocenters. The number of hydrogen-bond acceptors (Lipinski definition) is 4. The highest BCUT2D eigenvalue weighted by molar-refractivity contribution is 7.80. The molecule has 0 atom stereocenters. The average molecular weight is 253 g/mol. The molecule has 0 aliphatic heterocycles. The number of carbonyl (C=O) groups excluding carboxylic acids is 1. The quantitative estimate of drug-likeness (QED) is 0.609. The molecule has 0 bridgehead atoms. The monoisotopic (exact) mass is 253 g/mol. The fraction of sp³-hybridized carbons (Fsp3) is 0.333. The second-order valence-corrected chi connectivity index (χ2v) is 4.03. The van der Waals surface area contributed by atoms with Crippen LogP contribution in [0.2, 0.25) is 0 Å². The number of ether oxygens (including phenoxy) is 2. The fourth-order valence-corrected chi connectivity index (χ4v) is 1.28. The third kappa shape index (κ3) is 3.42. The maximum Gasteiger partial charge on any atom is 0.264 e. The highest BCUT2D eigenvalue weighted by atomic mass is 32.1. The molecule has 1 aromatic rings. The molecule has 0 aliphatic rings. The number of hydrogen-bond donors (Lipinski definition) is 0. The molecule has 0 radical (unpaired) electrons. The average Bonchev–Trinajstić information content (AvgIpc) is 2.29. The minimum Gasteiger partial charge on any atom is -0.497 e. The van der Waals surface area contributed by atoms with Crippen LogP contribution in [0.5, 0.6) is 11.5 Å². The smallest absolute Gasteiger partial charge is 0.264 e. The molecule has 4 nitrogen and oxygen atoms in total. The van der Waals surface area contributed by atoms with E-state index in [1.54, 1.807) is 44.3 Å². The van der Waals surface area contributed by atoms with E-state index in [1.165, 1.54) is 6.92 Å². The summed E-state index contributed by atoms with van der Waals surface area (Å²) in [6.07, 6.45) is 0. The zero-order valence-electron chi connectivity index (χ0n) is 10.3. The van der Waals surface area contributed by atoms with Crippen LogP contribution in [0.3, 0.4) is 0 Å². The number of ketones is 1. The van der Waals surface area contributed by atoms with E-state index in [9.17, 15) is 4.79 Å². The minimum absolute atomic E-state index is 0.0968. The lowest BCUT2D eigenvalue weighted by Gasteiger charge is -2.16. The fourth-order valence-electron chi connectivity index (χ4n) is 1.19. The van der Waals surface area contributed by atoms with Crippen molar-refractivity contribution in [1.82, 2.24) is 4.90 Å². The Morgan fingerprint density at radius 2 is 2.00 bits per heavy atom. The van der Waals surface area contributed by atoms with Crippen molar-refractivity contribution in [2.75, 3.05) is 21.2 Å². The van der Waals surface area contributed by atoms with E-state index in [-0.39, 0.29) is 5.78 Å². The first-order chi connectivity index (χ1) is 7.95. The molecule has 1 aromatic carbocycles. The lowest BCUT2D eigenvalue weighted by Crippen LogP contribution is -2.25. The number of nitrogens with zero attached hydrogens (tertiary/aromatic N) is 1. The highest BCUT2D eigenvalue weighted by Gasteiger charge is 2.12. The molecule has 17 heavy (non-hydrogen) atoms. The Labute approximate surface area is 106 Å². The van der Waals surface area contributed by atoms with Crippen molar-refractivity contribution in [2.24, 2.45) is 0 Å². The van der Waals surface area contributed by atoms with E-state index in [1.807, 2.05) is 0 Å². The van der Waals surface area contributed by atoms with Gasteiger partial charge >= 0.3 is 0 Å². The molecular weight excluding hydrogens is 238 g/mol. The van der Waals surface area contributed by atoms with Gasteiger partial charge in [-0.2, -0.15) is 0 Å². The Kier molecular flexibility index (Phi) is 4.45. The summed E-state index contributed by atoms with van der Waals surface area (Å²) in [5.74, 6) is 0.954. The number of Topliss-reactive ketones (excluding diaryl/α,β-unsaturated/α-hetero) is 1. The second kappa shape index (κ2) is 5.63. The normalized spacial score (nSPS) is 9.65. The number of benzene rings is 1. The van der Waals surface area contributed by atoms with Crippen LogP contribution in [0.15, 0.2) is 18.2 Å². The standard InChI is InChI=1S/C12H15NO3S/c1-8(14)10-7-9(15-4)5-6-11(10)16-12(17)13(2)3/h5-7H,1-4H3. The maximum atomic E-state index is 11.5. The Hall–Kier alpha value is -1.62. The van der Waals surface area contributed by atoms with Crippen LogP contribution < -0.4 is 9.47 Å². The lowest BCUT2D eigenvalue weighted by molar-refractivity contribution is 0.101. The number of methoxy groups -OCH3 is 1. The number of rotatable bonds is 3. The van der Waals surface area contributed by atoms with Crippen LogP contribution in [0.4, 0.5) is 0 Å². The molecule has 0 saturated heterocycles. The van der Waals surface area contributed by atoms with Gasteiger partial charge in [0.25, 0.3) is 5.17 Å². The maximum absolute atomic E-state index is 11.5. The predicted molar refractivity (Wildman–Crippen MR) is 69.9 cm³/mol.